The molecule has 7 nitrogen and oxygen atoms in total. The Kier molecular flexibility index (Phi) is 4.83. The van der Waals surface area contributed by atoms with Crippen LogP contribution in [0.2, 0.25) is 0 Å². The van der Waals surface area contributed by atoms with Gasteiger partial charge in [-0.1, -0.05) is 12.1 Å². The number of anilines is 1. The van der Waals surface area contributed by atoms with E-state index in [0.717, 1.165) is 11.6 Å². The number of furan rings is 1. The maximum absolute atomic E-state index is 13.7. The summed E-state index contributed by atoms with van der Waals surface area (Å²) in [5.41, 5.74) is 1.07. The summed E-state index contributed by atoms with van der Waals surface area (Å²) in [5.74, 6) is 0.883. The van der Waals surface area contributed by atoms with Gasteiger partial charge in [0.15, 0.2) is 11.4 Å². The molecule has 0 radical (unpaired) electrons. The lowest BCUT2D eigenvalue weighted by atomic mass is 10.2. The topological polar surface area (TPSA) is 75.3 Å². The average molecular weight is 359 g/mol. The number of nitrogens with one attached hydrogen (secondary N) is 2. The molecule has 0 aliphatic heterocycles. The van der Waals surface area contributed by atoms with Crippen molar-refractivity contribution in [3.05, 3.63) is 47.7 Å². The molecular formula is C18H22FN5O2. The molecule has 8 heteroatoms. The Bertz CT molecular complexity index is 931. The van der Waals surface area contributed by atoms with E-state index < -0.39 is 11.9 Å². The highest BCUT2D eigenvalue weighted by Crippen LogP contribution is 2.25. The number of carbonyl (C=O) groups is 1. The molecule has 0 fully saturated rings. The van der Waals surface area contributed by atoms with E-state index in [1.807, 2.05) is 30.6 Å². The quantitative estimate of drug-likeness (QED) is 0.734. The fourth-order valence-electron chi connectivity index (χ4n) is 2.76. The summed E-state index contributed by atoms with van der Waals surface area (Å²) >= 11 is 0. The Hall–Kier alpha value is -3.03. The summed E-state index contributed by atoms with van der Waals surface area (Å²) in [6.07, 6.45) is 1.72. The smallest absolute Gasteiger partial charge is 0.315 e. The highest BCUT2D eigenvalue weighted by Gasteiger charge is 2.16. The first-order valence-corrected chi connectivity index (χ1v) is 8.27. The van der Waals surface area contributed by atoms with Gasteiger partial charge in [0.05, 0.1) is 24.5 Å². The number of benzene rings is 1. The predicted molar refractivity (Wildman–Crippen MR) is 97.5 cm³/mol. The van der Waals surface area contributed by atoms with E-state index in [1.54, 1.807) is 31.3 Å². The molecule has 2 N–H and O–H groups in total. The minimum Gasteiger partial charge on any atom is -0.456 e. The largest absolute Gasteiger partial charge is 0.456 e. The molecule has 0 aliphatic rings. The van der Waals surface area contributed by atoms with Gasteiger partial charge in [-0.05, 0) is 19.1 Å². The van der Waals surface area contributed by atoms with Gasteiger partial charge < -0.3 is 24.5 Å². The molecule has 138 valence electrons. The second-order valence-corrected chi connectivity index (χ2v) is 6.36. The van der Waals surface area contributed by atoms with Crippen LogP contribution in [-0.2, 0) is 13.6 Å². The Balaban J connectivity index is 1.61. The average Bonchev–Trinajstić information content (AvgIpc) is 3.17. The summed E-state index contributed by atoms with van der Waals surface area (Å²) in [5, 5.41) is 6.25. The molecule has 0 saturated heterocycles. The van der Waals surface area contributed by atoms with E-state index >= 15 is 0 Å². The molecule has 3 rings (SSSR count). The highest BCUT2D eigenvalue weighted by molar-refractivity contribution is 5.79. The van der Waals surface area contributed by atoms with Crippen LogP contribution in [-0.4, -0.2) is 29.7 Å². The van der Waals surface area contributed by atoms with Crippen LogP contribution in [0.15, 0.2) is 34.9 Å². The fourth-order valence-corrected chi connectivity index (χ4v) is 2.76. The van der Waals surface area contributed by atoms with Gasteiger partial charge in [-0.3, -0.25) is 0 Å². The maximum atomic E-state index is 13.7. The van der Waals surface area contributed by atoms with Gasteiger partial charge in [0.1, 0.15) is 5.76 Å². The van der Waals surface area contributed by atoms with Crippen LogP contribution in [0.4, 0.5) is 15.1 Å². The van der Waals surface area contributed by atoms with Gasteiger partial charge in [-0.15, -0.1) is 0 Å². The lowest BCUT2D eigenvalue weighted by Crippen LogP contribution is -2.36. The number of urea groups is 1. The van der Waals surface area contributed by atoms with E-state index in [-0.39, 0.29) is 11.6 Å². The Morgan fingerprint density at radius 2 is 2.19 bits per heavy atom. The molecule has 0 aliphatic carbocycles. The van der Waals surface area contributed by atoms with Crippen molar-refractivity contribution in [2.24, 2.45) is 7.05 Å². The summed E-state index contributed by atoms with van der Waals surface area (Å²) < 4.78 is 21.2. The number of aromatic nitrogens is 2. The third-order valence-corrected chi connectivity index (χ3v) is 4.18. The van der Waals surface area contributed by atoms with Crippen molar-refractivity contribution >= 4 is 22.9 Å². The highest BCUT2D eigenvalue weighted by atomic mass is 19.1. The van der Waals surface area contributed by atoms with Gasteiger partial charge in [-0.2, -0.15) is 0 Å². The first-order chi connectivity index (χ1) is 12.4. The number of fused-ring (bicyclic) bond motifs is 1. The summed E-state index contributed by atoms with van der Waals surface area (Å²) in [6.45, 7) is 2.12. The van der Waals surface area contributed by atoms with E-state index in [0.29, 0.717) is 17.7 Å². The minimum atomic E-state index is -0.418. The zero-order valence-corrected chi connectivity index (χ0v) is 15.2. The normalized spacial score (nSPS) is 12.2. The first-order valence-electron chi connectivity index (χ1n) is 8.27. The standard InChI is InChI=1S/C18H22FN5O2/c1-11(15-8-12-6-5-7-14(19)16(12)26-15)22-17(25)20-9-13-10-21-18(23(2)3)24(13)4/h5-8,10-11H,9H2,1-4H3,(H2,20,22,25). The van der Waals surface area contributed by atoms with E-state index in [2.05, 4.69) is 15.6 Å². The van der Waals surface area contributed by atoms with Crippen LogP contribution >= 0.6 is 0 Å². The SMILES string of the molecule is CC(NC(=O)NCc1cnc(N(C)C)n1C)c1cc2cccc(F)c2o1. The molecule has 2 amide bonds. The van der Waals surface area contributed by atoms with E-state index in [1.165, 1.54) is 6.07 Å². The zero-order valence-electron chi connectivity index (χ0n) is 15.2. The Morgan fingerprint density at radius 3 is 2.85 bits per heavy atom. The van der Waals surface area contributed by atoms with Crippen molar-refractivity contribution in [2.75, 3.05) is 19.0 Å². The van der Waals surface area contributed by atoms with Gasteiger partial charge >= 0.3 is 6.03 Å². The second-order valence-electron chi connectivity index (χ2n) is 6.36. The molecule has 2 heterocycles. The predicted octanol–water partition coefficient (Wildman–Crippen LogP) is 2.93. The molecule has 26 heavy (non-hydrogen) atoms. The number of halogens is 1. The second kappa shape index (κ2) is 7.07. The van der Waals surface area contributed by atoms with Crippen molar-refractivity contribution in [1.82, 2.24) is 20.2 Å². The van der Waals surface area contributed by atoms with Gasteiger partial charge in [0, 0.05) is 26.5 Å². The minimum absolute atomic E-state index is 0.197. The van der Waals surface area contributed by atoms with Crippen LogP contribution in [0.3, 0.4) is 0 Å². The van der Waals surface area contributed by atoms with Crippen molar-refractivity contribution in [1.29, 1.82) is 0 Å². The van der Waals surface area contributed by atoms with Crippen molar-refractivity contribution in [3.8, 4) is 0 Å². The molecule has 1 unspecified atom stereocenters. The van der Waals surface area contributed by atoms with Crippen LogP contribution in [0.25, 0.3) is 11.0 Å². The summed E-state index contributed by atoms with van der Waals surface area (Å²) in [6, 6.07) is 5.72. The lowest BCUT2D eigenvalue weighted by Gasteiger charge is -2.14. The Morgan fingerprint density at radius 1 is 1.42 bits per heavy atom. The molecule has 0 bridgehead atoms. The molecule has 0 spiro atoms. The molecular weight excluding hydrogens is 337 g/mol. The molecule has 1 aromatic carbocycles. The third kappa shape index (κ3) is 3.49. The number of hydrogen-bond donors (Lipinski definition) is 2. The van der Waals surface area contributed by atoms with Crippen molar-refractivity contribution < 1.29 is 13.6 Å². The monoisotopic (exact) mass is 359 g/mol. The number of nitrogens with zero attached hydrogens (tertiary/aromatic N) is 3. The van der Waals surface area contributed by atoms with Crippen LogP contribution in [0, 0.1) is 5.82 Å². The first kappa shape index (κ1) is 17.8. The third-order valence-electron chi connectivity index (χ3n) is 4.18. The summed E-state index contributed by atoms with van der Waals surface area (Å²) in [4.78, 5) is 18.4. The van der Waals surface area contributed by atoms with Crippen LogP contribution in [0.1, 0.15) is 24.4 Å². The van der Waals surface area contributed by atoms with Gasteiger partial charge in [0.25, 0.3) is 0 Å². The molecule has 2 aromatic heterocycles. The van der Waals surface area contributed by atoms with Gasteiger partial charge in [0.2, 0.25) is 5.95 Å². The number of hydrogen-bond acceptors (Lipinski definition) is 4. The van der Waals surface area contributed by atoms with E-state index in [9.17, 15) is 9.18 Å². The molecule has 1 atom stereocenters. The Labute approximate surface area is 150 Å². The number of rotatable bonds is 5. The fraction of sp³-hybridized carbons (Fsp3) is 0.333. The number of carbonyl (C=O) groups excluding carboxylic acids is 1. The van der Waals surface area contributed by atoms with Crippen molar-refractivity contribution in [3.63, 3.8) is 0 Å². The van der Waals surface area contributed by atoms with Crippen LogP contribution in [0.5, 0.6) is 0 Å². The zero-order chi connectivity index (χ0) is 18.8. The van der Waals surface area contributed by atoms with Gasteiger partial charge in [-0.25, -0.2) is 14.2 Å². The maximum Gasteiger partial charge on any atom is 0.315 e. The number of para-hydroxylation sites is 1. The number of imidazole rings is 1. The molecule has 3 aromatic rings. The van der Waals surface area contributed by atoms with E-state index in [4.69, 9.17) is 4.42 Å². The molecule has 0 saturated carbocycles. The van der Waals surface area contributed by atoms with Crippen molar-refractivity contribution in [2.45, 2.75) is 19.5 Å². The lowest BCUT2D eigenvalue weighted by molar-refractivity contribution is 0.235. The summed E-state index contributed by atoms with van der Waals surface area (Å²) in [7, 11) is 5.71. The number of amides is 2. The van der Waals surface area contributed by atoms with Crippen LogP contribution < -0.4 is 15.5 Å².